The van der Waals surface area contributed by atoms with Gasteiger partial charge in [0.05, 0.1) is 12.6 Å². The van der Waals surface area contributed by atoms with Crippen LogP contribution in [-0.4, -0.2) is 39.8 Å². The van der Waals surface area contributed by atoms with E-state index in [1.807, 2.05) is 23.6 Å². The third-order valence-corrected chi connectivity index (χ3v) is 6.17. The second-order valence-corrected chi connectivity index (χ2v) is 8.14. The van der Waals surface area contributed by atoms with Crippen molar-refractivity contribution >= 4 is 22.5 Å². The molecule has 2 aromatic carbocycles. The molecule has 0 bridgehead atoms. The van der Waals surface area contributed by atoms with Crippen molar-refractivity contribution in [1.82, 2.24) is 19.6 Å². The van der Waals surface area contributed by atoms with E-state index in [-0.39, 0.29) is 0 Å². The third-order valence-electron chi connectivity index (χ3n) is 6.17. The van der Waals surface area contributed by atoms with Crippen molar-refractivity contribution < 1.29 is 4.74 Å². The number of fused-ring (bicyclic) bond motifs is 3. The molecule has 0 amide bonds. The van der Waals surface area contributed by atoms with E-state index in [0.717, 1.165) is 59.5 Å². The summed E-state index contributed by atoms with van der Waals surface area (Å²) in [4.78, 5) is 12.0. The molecule has 0 spiro atoms. The Bertz CT molecular complexity index is 1160. The molecular weight excluding hydrogens is 374 g/mol. The molecule has 0 aliphatic carbocycles. The first-order valence-corrected chi connectivity index (χ1v) is 10.7. The number of aryl methyl sites for hydroxylation is 2. The Kier molecular flexibility index (Phi) is 4.99. The van der Waals surface area contributed by atoms with Crippen LogP contribution in [0.4, 0.5) is 5.95 Å². The van der Waals surface area contributed by atoms with Gasteiger partial charge in [-0.25, -0.2) is 9.97 Å². The zero-order chi connectivity index (χ0) is 20.5. The molecule has 0 N–H and O–H groups in total. The summed E-state index contributed by atoms with van der Waals surface area (Å²) in [6.07, 6.45) is 4.71. The molecule has 6 nitrogen and oxygen atoms in total. The lowest BCUT2D eigenvalue weighted by Crippen LogP contribution is -2.35. The van der Waals surface area contributed by atoms with Crippen molar-refractivity contribution in [2.75, 3.05) is 25.1 Å². The zero-order valence-corrected chi connectivity index (χ0v) is 17.6. The number of aromatic nitrogens is 4. The maximum atomic E-state index is 5.25. The van der Waals surface area contributed by atoms with E-state index >= 15 is 0 Å². The lowest BCUT2D eigenvalue weighted by Gasteiger charge is -2.32. The number of anilines is 1. The number of piperidine rings is 1. The van der Waals surface area contributed by atoms with Crippen LogP contribution in [0.25, 0.3) is 16.6 Å². The summed E-state index contributed by atoms with van der Waals surface area (Å²) in [5.41, 5.74) is 3.26. The molecule has 0 saturated carbocycles. The van der Waals surface area contributed by atoms with Crippen LogP contribution in [0.2, 0.25) is 0 Å². The van der Waals surface area contributed by atoms with Crippen LogP contribution in [0.1, 0.15) is 30.7 Å². The monoisotopic (exact) mass is 401 g/mol. The topological polar surface area (TPSA) is 55.5 Å². The number of rotatable bonds is 5. The molecule has 5 rings (SSSR count). The van der Waals surface area contributed by atoms with E-state index in [1.165, 1.54) is 24.8 Å². The van der Waals surface area contributed by atoms with Crippen molar-refractivity contribution in [3.05, 3.63) is 59.9 Å². The Balaban J connectivity index is 1.29. The molecule has 4 aromatic rings. The Morgan fingerprint density at radius 3 is 2.53 bits per heavy atom. The predicted molar refractivity (Wildman–Crippen MR) is 119 cm³/mol. The lowest BCUT2D eigenvalue weighted by molar-refractivity contribution is 0.378. The normalized spacial score (nSPS) is 15.2. The molecule has 0 radical (unpaired) electrons. The molecule has 1 saturated heterocycles. The Hall–Kier alpha value is -3.15. The quantitative estimate of drug-likeness (QED) is 0.495. The minimum Gasteiger partial charge on any atom is -0.497 e. The SMILES string of the molecule is COc1ccc(CCC2CCN(c3nc4ccccc4c4nc(C)nn34)CC2)cc1. The number of methoxy groups -OCH3 is 1. The van der Waals surface area contributed by atoms with Gasteiger partial charge < -0.3 is 9.64 Å². The lowest BCUT2D eigenvalue weighted by atomic mass is 9.90. The second-order valence-electron chi connectivity index (χ2n) is 8.14. The first-order chi connectivity index (χ1) is 14.7. The van der Waals surface area contributed by atoms with Gasteiger partial charge in [0.15, 0.2) is 5.65 Å². The Labute approximate surface area is 176 Å². The van der Waals surface area contributed by atoms with Crippen molar-refractivity contribution in [2.24, 2.45) is 5.92 Å². The number of para-hydroxylation sites is 1. The highest BCUT2D eigenvalue weighted by Crippen LogP contribution is 2.28. The minimum absolute atomic E-state index is 0.747. The summed E-state index contributed by atoms with van der Waals surface area (Å²) in [6, 6.07) is 16.6. The average Bonchev–Trinajstić information content (AvgIpc) is 3.19. The smallest absolute Gasteiger partial charge is 0.229 e. The molecule has 0 atom stereocenters. The molecule has 1 aliphatic rings. The maximum Gasteiger partial charge on any atom is 0.229 e. The van der Waals surface area contributed by atoms with Gasteiger partial charge in [0.2, 0.25) is 5.95 Å². The van der Waals surface area contributed by atoms with Crippen LogP contribution in [-0.2, 0) is 6.42 Å². The Morgan fingerprint density at radius 1 is 1.00 bits per heavy atom. The molecule has 1 aliphatic heterocycles. The Morgan fingerprint density at radius 2 is 1.77 bits per heavy atom. The fourth-order valence-electron chi connectivity index (χ4n) is 4.43. The van der Waals surface area contributed by atoms with Crippen LogP contribution in [0, 0.1) is 12.8 Å². The predicted octanol–water partition coefficient (Wildman–Crippen LogP) is 4.44. The van der Waals surface area contributed by atoms with Crippen molar-refractivity contribution in [3.8, 4) is 5.75 Å². The number of ether oxygens (including phenoxy) is 1. The van der Waals surface area contributed by atoms with E-state index < -0.39 is 0 Å². The first-order valence-electron chi connectivity index (χ1n) is 10.7. The third kappa shape index (κ3) is 3.58. The summed E-state index contributed by atoms with van der Waals surface area (Å²) in [6.45, 7) is 3.95. The molecule has 1 fully saturated rings. The van der Waals surface area contributed by atoms with Gasteiger partial charge in [-0.3, -0.25) is 0 Å². The summed E-state index contributed by atoms with van der Waals surface area (Å²) in [7, 11) is 1.71. The largest absolute Gasteiger partial charge is 0.497 e. The zero-order valence-electron chi connectivity index (χ0n) is 17.6. The summed E-state index contributed by atoms with van der Waals surface area (Å²) in [5, 5.41) is 5.69. The highest BCUT2D eigenvalue weighted by molar-refractivity contribution is 5.92. The van der Waals surface area contributed by atoms with Crippen LogP contribution >= 0.6 is 0 Å². The summed E-state index contributed by atoms with van der Waals surface area (Å²) >= 11 is 0. The highest BCUT2D eigenvalue weighted by Gasteiger charge is 2.23. The van der Waals surface area contributed by atoms with E-state index in [4.69, 9.17) is 9.72 Å². The van der Waals surface area contributed by atoms with Gasteiger partial charge in [-0.05, 0) is 68.4 Å². The molecule has 2 aromatic heterocycles. The first kappa shape index (κ1) is 18.9. The van der Waals surface area contributed by atoms with Gasteiger partial charge in [-0.15, -0.1) is 5.10 Å². The van der Waals surface area contributed by atoms with Gasteiger partial charge in [0.1, 0.15) is 11.6 Å². The maximum absolute atomic E-state index is 5.25. The number of nitrogens with zero attached hydrogens (tertiary/aromatic N) is 5. The minimum atomic E-state index is 0.747. The van der Waals surface area contributed by atoms with E-state index in [9.17, 15) is 0 Å². The standard InChI is InChI=1S/C24H27N5O/c1-17-25-23-21-5-3-4-6-22(21)26-24(29(23)27-17)28-15-13-19(14-16-28)8-7-18-9-11-20(30-2)12-10-18/h3-6,9-12,19H,7-8,13-16H2,1-2H3. The molecule has 0 unspecified atom stereocenters. The van der Waals surface area contributed by atoms with Crippen molar-refractivity contribution in [2.45, 2.75) is 32.6 Å². The average molecular weight is 402 g/mol. The van der Waals surface area contributed by atoms with Crippen LogP contribution in [0.3, 0.4) is 0 Å². The van der Waals surface area contributed by atoms with E-state index in [0.29, 0.717) is 0 Å². The highest BCUT2D eigenvalue weighted by atomic mass is 16.5. The van der Waals surface area contributed by atoms with Crippen molar-refractivity contribution in [1.29, 1.82) is 0 Å². The van der Waals surface area contributed by atoms with Crippen molar-refractivity contribution in [3.63, 3.8) is 0 Å². The van der Waals surface area contributed by atoms with Gasteiger partial charge in [0, 0.05) is 18.5 Å². The summed E-state index contributed by atoms with van der Waals surface area (Å²) in [5.74, 6) is 3.36. The van der Waals surface area contributed by atoms with Crippen LogP contribution in [0.5, 0.6) is 5.75 Å². The van der Waals surface area contributed by atoms with Crippen LogP contribution < -0.4 is 9.64 Å². The molecule has 30 heavy (non-hydrogen) atoms. The molecule has 6 heteroatoms. The van der Waals surface area contributed by atoms with Gasteiger partial charge in [-0.1, -0.05) is 24.3 Å². The molecular formula is C24H27N5O. The number of benzene rings is 2. The second kappa shape index (κ2) is 7.94. The molecule has 3 heterocycles. The number of hydrogen-bond donors (Lipinski definition) is 0. The van der Waals surface area contributed by atoms with Gasteiger partial charge >= 0.3 is 0 Å². The van der Waals surface area contributed by atoms with E-state index in [1.54, 1.807) is 7.11 Å². The van der Waals surface area contributed by atoms with E-state index in [2.05, 4.69) is 51.4 Å². The van der Waals surface area contributed by atoms with Crippen LogP contribution in [0.15, 0.2) is 48.5 Å². The number of hydrogen-bond acceptors (Lipinski definition) is 5. The fourth-order valence-corrected chi connectivity index (χ4v) is 4.43. The van der Waals surface area contributed by atoms with Gasteiger partial charge in [-0.2, -0.15) is 4.52 Å². The van der Waals surface area contributed by atoms with Gasteiger partial charge in [0.25, 0.3) is 0 Å². The summed E-state index contributed by atoms with van der Waals surface area (Å²) < 4.78 is 7.18. The fraction of sp³-hybridized carbons (Fsp3) is 0.375. The molecule has 154 valence electrons.